The molecule has 4 rings (SSSR count). The van der Waals surface area contributed by atoms with E-state index in [1.807, 2.05) is 17.9 Å². The first-order chi connectivity index (χ1) is 10.7. The summed E-state index contributed by atoms with van der Waals surface area (Å²) in [5.41, 5.74) is 0.911. The Labute approximate surface area is 128 Å². The van der Waals surface area contributed by atoms with Crippen LogP contribution >= 0.6 is 0 Å². The molecule has 1 amide bonds. The molecule has 0 bridgehead atoms. The molecule has 0 N–H and O–H groups in total. The number of carbonyl (C=O) groups excluding carboxylic acids is 1. The molecule has 2 aliphatic rings. The molecule has 2 atom stereocenters. The van der Waals surface area contributed by atoms with Gasteiger partial charge in [-0.1, -0.05) is 12.8 Å². The van der Waals surface area contributed by atoms with Crippen LogP contribution < -0.4 is 0 Å². The Morgan fingerprint density at radius 1 is 1.36 bits per heavy atom. The zero-order chi connectivity index (χ0) is 15.1. The minimum atomic E-state index is -0.106. The molecule has 1 aliphatic heterocycles. The van der Waals surface area contributed by atoms with E-state index in [2.05, 4.69) is 15.1 Å². The molecular weight excluding hydrogens is 282 g/mol. The van der Waals surface area contributed by atoms with Crippen molar-refractivity contribution in [1.82, 2.24) is 24.5 Å². The van der Waals surface area contributed by atoms with E-state index < -0.39 is 0 Å². The van der Waals surface area contributed by atoms with Crippen molar-refractivity contribution in [1.29, 1.82) is 0 Å². The van der Waals surface area contributed by atoms with Gasteiger partial charge in [0.05, 0.1) is 18.8 Å². The number of morpholine rings is 1. The maximum atomic E-state index is 12.8. The van der Waals surface area contributed by atoms with Gasteiger partial charge >= 0.3 is 0 Å². The molecule has 22 heavy (non-hydrogen) atoms. The highest BCUT2D eigenvalue weighted by Crippen LogP contribution is 2.29. The fourth-order valence-corrected chi connectivity index (χ4v) is 3.47. The van der Waals surface area contributed by atoms with Gasteiger partial charge in [0.25, 0.3) is 11.7 Å². The second-order valence-electron chi connectivity index (χ2n) is 5.99. The Balaban J connectivity index is 1.65. The van der Waals surface area contributed by atoms with E-state index in [4.69, 9.17) is 4.74 Å². The van der Waals surface area contributed by atoms with Crippen molar-refractivity contribution in [2.45, 2.75) is 44.8 Å². The van der Waals surface area contributed by atoms with Gasteiger partial charge in [-0.05, 0) is 25.8 Å². The summed E-state index contributed by atoms with van der Waals surface area (Å²) in [6.07, 6.45) is 6.21. The van der Waals surface area contributed by atoms with Gasteiger partial charge < -0.3 is 9.64 Å². The van der Waals surface area contributed by atoms with Crippen molar-refractivity contribution in [3.05, 3.63) is 23.8 Å². The molecule has 0 aromatic carbocycles. The Kier molecular flexibility index (Phi) is 3.29. The van der Waals surface area contributed by atoms with Gasteiger partial charge in [0.15, 0.2) is 0 Å². The lowest BCUT2D eigenvalue weighted by Gasteiger charge is -2.43. The molecule has 2 aromatic heterocycles. The smallest absolute Gasteiger partial charge is 0.294 e. The zero-order valence-electron chi connectivity index (χ0n) is 12.6. The Morgan fingerprint density at radius 2 is 2.23 bits per heavy atom. The molecular formula is C15H19N5O2. The minimum absolute atomic E-state index is 0.106. The van der Waals surface area contributed by atoms with Crippen LogP contribution in [-0.4, -0.2) is 55.7 Å². The van der Waals surface area contributed by atoms with Crippen molar-refractivity contribution < 1.29 is 9.53 Å². The van der Waals surface area contributed by atoms with Crippen LogP contribution in [0, 0.1) is 6.92 Å². The number of aryl methyl sites for hydroxylation is 1. The predicted octanol–water partition coefficient (Wildman–Crippen LogP) is 1.22. The SMILES string of the molecule is Cc1ccnc2nc(C(=O)N3CCOC4CCCCC43)nn12. The first-order valence-corrected chi connectivity index (χ1v) is 7.85. The van der Waals surface area contributed by atoms with Crippen LogP contribution in [0.5, 0.6) is 0 Å². The van der Waals surface area contributed by atoms with E-state index in [9.17, 15) is 4.79 Å². The van der Waals surface area contributed by atoms with Gasteiger partial charge in [0.1, 0.15) is 0 Å². The lowest BCUT2D eigenvalue weighted by molar-refractivity contribution is -0.0755. The van der Waals surface area contributed by atoms with E-state index in [1.165, 1.54) is 6.42 Å². The zero-order valence-corrected chi connectivity index (χ0v) is 12.6. The lowest BCUT2D eigenvalue weighted by atomic mass is 9.90. The summed E-state index contributed by atoms with van der Waals surface area (Å²) in [4.78, 5) is 23.2. The van der Waals surface area contributed by atoms with E-state index in [0.717, 1.165) is 25.0 Å². The molecule has 0 radical (unpaired) electrons. The van der Waals surface area contributed by atoms with Gasteiger partial charge in [0.2, 0.25) is 5.82 Å². The van der Waals surface area contributed by atoms with Crippen LogP contribution in [0.15, 0.2) is 12.3 Å². The third-order valence-corrected chi connectivity index (χ3v) is 4.61. The largest absolute Gasteiger partial charge is 0.374 e. The molecule has 2 aromatic rings. The van der Waals surface area contributed by atoms with E-state index in [-0.39, 0.29) is 23.9 Å². The Bertz CT molecular complexity index is 711. The maximum Gasteiger partial charge on any atom is 0.294 e. The van der Waals surface area contributed by atoms with Crippen molar-refractivity contribution in [3.8, 4) is 0 Å². The number of rotatable bonds is 1. The molecule has 2 unspecified atom stereocenters. The lowest BCUT2D eigenvalue weighted by Crippen LogP contribution is -2.55. The minimum Gasteiger partial charge on any atom is -0.374 e. The summed E-state index contributed by atoms with van der Waals surface area (Å²) < 4.78 is 7.44. The third-order valence-electron chi connectivity index (χ3n) is 4.61. The van der Waals surface area contributed by atoms with Crippen LogP contribution in [0.2, 0.25) is 0 Å². The van der Waals surface area contributed by atoms with Crippen LogP contribution in [0.4, 0.5) is 0 Å². The first-order valence-electron chi connectivity index (χ1n) is 7.85. The third kappa shape index (κ3) is 2.16. The van der Waals surface area contributed by atoms with Gasteiger partial charge in [0, 0.05) is 18.4 Å². The summed E-state index contributed by atoms with van der Waals surface area (Å²) in [5, 5.41) is 4.34. The molecule has 116 valence electrons. The fraction of sp³-hybridized carbons (Fsp3) is 0.600. The normalized spacial score (nSPS) is 25.2. The number of hydrogen-bond acceptors (Lipinski definition) is 5. The molecule has 2 fully saturated rings. The predicted molar refractivity (Wildman–Crippen MR) is 78.6 cm³/mol. The van der Waals surface area contributed by atoms with Crippen LogP contribution in [-0.2, 0) is 4.74 Å². The summed E-state index contributed by atoms with van der Waals surface area (Å²) in [6.45, 7) is 3.13. The summed E-state index contributed by atoms with van der Waals surface area (Å²) in [7, 11) is 0. The number of aromatic nitrogens is 4. The molecule has 7 heteroatoms. The maximum absolute atomic E-state index is 12.8. The average molecular weight is 301 g/mol. The number of hydrogen-bond donors (Lipinski definition) is 0. The highest BCUT2D eigenvalue weighted by Gasteiger charge is 2.38. The number of nitrogens with zero attached hydrogens (tertiary/aromatic N) is 5. The highest BCUT2D eigenvalue weighted by atomic mass is 16.5. The van der Waals surface area contributed by atoms with Crippen LogP contribution in [0.3, 0.4) is 0 Å². The van der Waals surface area contributed by atoms with Gasteiger partial charge in [-0.3, -0.25) is 4.79 Å². The number of ether oxygens (including phenoxy) is 1. The van der Waals surface area contributed by atoms with Gasteiger partial charge in [-0.15, -0.1) is 5.10 Å². The van der Waals surface area contributed by atoms with Crippen molar-refractivity contribution in [2.75, 3.05) is 13.2 Å². The monoisotopic (exact) mass is 301 g/mol. The van der Waals surface area contributed by atoms with Gasteiger partial charge in [-0.25, -0.2) is 9.50 Å². The summed E-state index contributed by atoms with van der Waals surface area (Å²) in [5.74, 6) is 0.593. The molecule has 0 spiro atoms. The molecule has 3 heterocycles. The Morgan fingerprint density at radius 3 is 3.09 bits per heavy atom. The summed E-state index contributed by atoms with van der Waals surface area (Å²) in [6, 6.07) is 2.01. The highest BCUT2D eigenvalue weighted by molar-refractivity contribution is 5.91. The van der Waals surface area contributed by atoms with Crippen LogP contribution in [0.25, 0.3) is 5.78 Å². The quantitative estimate of drug-likeness (QED) is 0.792. The topological polar surface area (TPSA) is 72.6 Å². The van der Waals surface area contributed by atoms with E-state index in [1.54, 1.807) is 10.7 Å². The molecule has 1 saturated carbocycles. The first kappa shape index (κ1) is 13.6. The van der Waals surface area contributed by atoms with Gasteiger partial charge in [-0.2, -0.15) is 4.98 Å². The average Bonchev–Trinajstić information content (AvgIpc) is 2.99. The number of carbonyl (C=O) groups is 1. The molecule has 1 saturated heterocycles. The van der Waals surface area contributed by atoms with Crippen LogP contribution in [0.1, 0.15) is 42.0 Å². The molecule has 1 aliphatic carbocycles. The van der Waals surface area contributed by atoms with Crippen molar-refractivity contribution in [3.63, 3.8) is 0 Å². The second-order valence-corrected chi connectivity index (χ2v) is 5.99. The van der Waals surface area contributed by atoms with E-state index >= 15 is 0 Å². The number of amides is 1. The fourth-order valence-electron chi connectivity index (χ4n) is 3.47. The summed E-state index contributed by atoms with van der Waals surface area (Å²) >= 11 is 0. The van der Waals surface area contributed by atoms with Crippen molar-refractivity contribution >= 4 is 11.7 Å². The van der Waals surface area contributed by atoms with E-state index in [0.29, 0.717) is 18.9 Å². The standard InChI is InChI=1S/C15H19N5O2/c1-10-6-7-16-15-17-13(18-20(10)15)14(21)19-8-9-22-12-5-3-2-4-11(12)19/h6-7,11-12H,2-5,8-9H2,1H3. The number of fused-ring (bicyclic) bond motifs is 2. The Hall–Kier alpha value is -2.02. The molecule has 7 nitrogen and oxygen atoms in total. The second kappa shape index (κ2) is 5.31. The van der Waals surface area contributed by atoms with Crippen molar-refractivity contribution in [2.24, 2.45) is 0 Å².